The number of rotatable bonds is 4. The molecule has 0 spiro atoms. The molecule has 3 aromatic heterocycles. The SMILES string of the molecule is Cc1cc2c(cn1)cc(-c1cc(Nc3noc(-c4ccccc4C)n3)ccc1C)c(=O)n2C. The van der Waals surface area contributed by atoms with Crippen molar-refractivity contribution in [1.82, 2.24) is 19.7 Å². The maximum Gasteiger partial charge on any atom is 0.268 e. The van der Waals surface area contributed by atoms with Crippen LogP contribution in [0.15, 0.2) is 70.1 Å². The van der Waals surface area contributed by atoms with E-state index >= 15 is 0 Å². The van der Waals surface area contributed by atoms with Gasteiger partial charge >= 0.3 is 0 Å². The molecule has 164 valence electrons. The van der Waals surface area contributed by atoms with Gasteiger partial charge in [0.1, 0.15) is 0 Å². The molecule has 0 saturated carbocycles. The van der Waals surface area contributed by atoms with Crippen LogP contribution in [0.3, 0.4) is 0 Å². The van der Waals surface area contributed by atoms with E-state index in [1.54, 1.807) is 17.8 Å². The second kappa shape index (κ2) is 8.02. The summed E-state index contributed by atoms with van der Waals surface area (Å²) in [5.41, 5.74) is 6.83. The van der Waals surface area contributed by atoms with E-state index in [1.807, 2.05) is 75.4 Å². The second-order valence-electron chi connectivity index (χ2n) is 8.20. The molecule has 2 aromatic carbocycles. The van der Waals surface area contributed by atoms with Crippen LogP contribution in [-0.4, -0.2) is 19.7 Å². The topological polar surface area (TPSA) is 85.8 Å². The van der Waals surface area contributed by atoms with Crippen molar-refractivity contribution in [2.45, 2.75) is 20.8 Å². The third kappa shape index (κ3) is 3.78. The lowest BCUT2D eigenvalue weighted by molar-refractivity contribution is 0.432. The predicted molar refractivity (Wildman–Crippen MR) is 130 cm³/mol. The van der Waals surface area contributed by atoms with Crippen molar-refractivity contribution in [2.75, 3.05) is 5.32 Å². The van der Waals surface area contributed by atoms with Crippen LogP contribution in [0.4, 0.5) is 11.6 Å². The van der Waals surface area contributed by atoms with Gasteiger partial charge in [-0.05, 0) is 73.0 Å². The minimum Gasteiger partial charge on any atom is -0.332 e. The predicted octanol–water partition coefficient (Wildman–Crippen LogP) is 5.32. The fourth-order valence-electron chi connectivity index (χ4n) is 3.97. The van der Waals surface area contributed by atoms with Crippen molar-refractivity contribution in [3.05, 3.63) is 88.0 Å². The van der Waals surface area contributed by atoms with E-state index < -0.39 is 0 Å². The maximum atomic E-state index is 13.2. The van der Waals surface area contributed by atoms with E-state index in [4.69, 9.17) is 4.52 Å². The Hall–Kier alpha value is -4.26. The first-order chi connectivity index (χ1) is 15.9. The summed E-state index contributed by atoms with van der Waals surface area (Å²) in [4.78, 5) is 22.1. The van der Waals surface area contributed by atoms with E-state index in [1.165, 1.54) is 0 Å². The van der Waals surface area contributed by atoms with Gasteiger partial charge in [-0.15, -0.1) is 0 Å². The molecule has 5 rings (SSSR count). The van der Waals surface area contributed by atoms with Gasteiger partial charge in [0.2, 0.25) is 0 Å². The van der Waals surface area contributed by atoms with Gasteiger partial charge in [-0.3, -0.25) is 9.78 Å². The summed E-state index contributed by atoms with van der Waals surface area (Å²) in [5.74, 6) is 0.809. The fourth-order valence-corrected chi connectivity index (χ4v) is 3.97. The molecule has 0 aliphatic carbocycles. The Balaban J connectivity index is 1.52. The molecule has 33 heavy (non-hydrogen) atoms. The van der Waals surface area contributed by atoms with Crippen molar-refractivity contribution in [1.29, 1.82) is 0 Å². The van der Waals surface area contributed by atoms with Crippen molar-refractivity contribution in [3.8, 4) is 22.6 Å². The molecule has 0 unspecified atom stereocenters. The number of pyridine rings is 2. The molecule has 0 atom stereocenters. The third-order valence-electron chi connectivity index (χ3n) is 5.83. The molecule has 0 aliphatic heterocycles. The molecule has 0 amide bonds. The number of nitrogens with zero attached hydrogens (tertiary/aromatic N) is 4. The zero-order valence-corrected chi connectivity index (χ0v) is 18.9. The highest BCUT2D eigenvalue weighted by Crippen LogP contribution is 2.29. The normalized spacial score (nSPS) is 11.2. The van der Waals surface area contributed by atoms with Crippen LogP contribution < -0.4 is 10.9 Å². The Kier molecular flexibility index (Phi) is 5.01. The summed E-state index contributed by atoms with van der Waals surface area (Å²) >= 11 is 0. The number of anilines is 2. The Labute approximate surface area is 190 Å². The average molecular weight is 438 g/mol. The van der Waals surface area contributed by atoms with Gasteiger partial charge in [0.15, 0.2) is 0 Å². The smallest absolute Gasteiger partial charge is 0.268 e. The minimum atomic E-state index is -0.0604. The highest BCUT2D eigenvalue weighted by Gasteiger charge is 2.14. The van der Waals surface area contributed by atoms with Crippen LogP contribution in [-0.2, 0) is 7.05 Å². The lowest BCUT2D eigenvalue weighted by Gasteiger charge is -2.12. The van der Waals surface area contributed by atoms with Gasteiger partial charge in [-0.25, -0.2) is 0 Å². The number of fused-ring (bicyclic) bond motifs is 1. The number of aryl methyl sites for hydroxylation is 4. The van der Waals surface area contributed by atoms with E-state index in [2.05, 4.69) is 20.4 Å². The summed E-state index contributed by atoms with van der Waals surface area (Å²) in [6, 6.07) is 17.5. The zero-order valence-electron chi connectivity index (χ0n) is 18.9. The van der Waals surface area contributed by atoms with Gasteiger partial charge in [0.05, 0.1) is 5.52 Å². The van der Waals surface area contributed by atoms with E-state index in [9.17, 15) is 4.79 Å². The molecular formula is C26H23N5O2. The van der Waals surface area contributed by atoms with Crippen LogP contribution in [0.2, 0.25) is 0 Å². The van der Waals surface area contributed by atoms with E-state index in [0.717, 1.165) is 44.5 Å². The molecule has 0 fully saturated rings. The summed E-state index contributed by atoms with van der Waals surface area (Å²) in [6.45, 7) is 5.90. The van der Waals surface area contributed by atoms with Crippen LogP contribution in [0.25, 0.3) is 33.5 Å². The first-order valence-corrected chi connectivity index (χ1v) is 10.6. The van der Waals surface area contributed by atoms with E-state index in [0.29, 0.717) is 17.4 Å². The molecule has 7 heteroatoms. The van der Waals surface area contributed by atoms with Gasteiger partial charge in [0.25, 0.3) is 17.4 Å². The average Bonchev–Trinajstić information content (AvgIpc) is 3.26. The van der Waals surface area contributed by atoms with Gasteiger partial charge in [0, 0.05) is 41.1 Å². The highest BCUT2D eigenvalue weighted by molar-refractivity contribution is 5.85. The lowest BCUT2D eigenvalue weighted by atomic mass is 9.99. The second-order valence-corrected chi connectivity index (χ2v) is 8.20. The van der Waals surface area contributed by atoms with Crippen LogP contribution >= 0.6 is 0 Å². The third-order valence-corrected chi connectivity index (χ3v) is 5.83. The molecule has 0 aliphatic rings. The molecule has 1 N–H and O–H groups in total. The Morgan fingerprint density at radius 3 is 2.52 bits per heavy atom. The van der Waals surface area contributed by atoms with E-state index in [-0.39, 0.29) is 5.56 Å². The monoisotopic (exact) mass is 437 g/mol. The first kappa shape index (κ1) is 20.6. The van der Waals surface area contributed by atoms with Crippen LogP contribution in [0, 0.1) is 20.8 Å². The summed E-state index contributed by atoms with van der Waals surface area (Å²) < 4.78 is 7.12. The summed E-state index contributed by atoms with van der Waals surface area (Å²) in [6.07, 6.45) is 1.80. The van der Waals surface area contributed by atoms with Crippen LogP contribution in [0.5, 0.6) is 0 Å². The van der Waals surface area contributed by atoms with Crippen molar-refractivity contribution in [2.24, 2.45) is 7.05 Å². The number of hydrogen-bond donors (Lipinski definition) is 1. The number of nitrogens with one attached hydrogen (secondary N) is 1. The molecule has 3 heterocycles. The Morgan fingerprint density at radius 1 is 0.909 bits per heavy atom. The van der Waals surface area contributed by atoms with Gasteiger partial charge in [-0.1, -0.05) is 24.3 Å². The van der Waals surface area contributed by atoms with Crippen molar-refractivity contribution >= 4 is 22.5 Å². The van der Waals surface area contributed by atoms with Gasteiger partial charge in [-0.2, -0.15) is 4.98 Å². The molecule has 0 radical (unpaired) electrons. The molecular weight excluding hydrogens is 414 g/mol. The quantitative estimate of drug-likeness (QED) is 0.410. The lowest BCUT2D eigenvalue weighted by Crippen LogP contribution is -2.19. The number of aromatic nitrogens is 4. The van der Waals surface area contributed by atoms with Gasteiger partial charge < -0.3 is 14.4 Å². The Bertz CT molecular complexity index is 1570. The molecule has 0 saturated heterocycles. The zero-order chi connectivity index (χ0) is 23.1. The molecule has 0 bridgehead atoms. The maximum absolute atomic E-state index is 13.2. The fraction of sp³-hybridized carbons (Fsp3) is 0.154. The largest absolute Gasteiger partial charge is 0.332 e. The number of benzene rings is 2. The molecule has 5 aromatic rings. The molecule has 7 nitrogen and oxygen atoms in total. The summed E-state index contributed by atoms with van der Waals surface area (Å²) in [7, 11) is 1.79. The summed E-state index contributed by atoms with van der Waals surface area (Å²) in [5, 5.41) is 8.17. The highest BCUT2D eigenvalue weighted by atomic mass is 16.5. The van der Waals surface area contributed by atoms with Crippen LogP contribution in [0.1, 0.15) is 16.8 Å². The Morgan fingerprint density at radius 2 is 1.70 bits per heavy atom. The minimum absolute atomic E-state index is 0.0604. The number of hydrogen-bond acceptors (Lipinski definition) is 6. The standard InChI is InChI=1S/C26H23N5O2/c1-15-7-5-6-8-20(15)24-29-26(30-33-24)28-19-10-9-16(2)21(13-19)22-12-18-14-27-17(3)11-23(18)31(4)25(22)32/h5-14H,1-4H3,(H,28,30). The first-order valence-electron chi connectivity index (χ1n) is 10.6. The van der Waals surface area contributed by atoms with Crippen molar-refractivity contribution in [3.63, 3.8) is 0 Å². The van der Waals surface area contributed by atoms with Crippen molar-refractivity contribution < 1.29 is 4.52 Å².